The molecule has 156 valence electrons. The molecule has 0 aliphatic carbocycles. The standard InChI is InChI=1S/C21H29ClN6O/c1-2-24-21(25-7-4-9-26-10-8-23-17-26)28-13-11-27(12-14-28)20(29)16-18-5-3-6-19(22)15-18/h3,5-6,8,10,15,17H,2,4,7,9,11-14,16H2,1H3,(H,24,25). The Morgan fingerprint density at radius 2 is 2.03 bits per heavy atom. The Kier molecular flexibility index (Phi) is 7.93. The maximum atomic E-state index is 12.6. The third-order valence-corrected chi connectivity index (χ3v) is 5.14. The van der Waals surface area contributed by atoms with Crippen LogP contribution in [0.3, 0.4) is 0 Å². The van der Waals surface area contributed by atoms with E-state index in [0.717, 1.165) is 50.7 Å². The van der Waals surface area contributed by atoms with Crippen molar-refractivity contribution in [1.29, 1.82) is 0 Å². The molecule has 1 aromatic carbocycles. The van der Waals surface area contributed by atoms with Crippen LogP contribution >= 0.6 is 11.6 Å². The van der Waals surface area contributed by atoms with Crippen molar-refractivity contribution in [2.75, 3.05) is 39.3 Å². The summed E-state index contributed by atoms with van der Waals surface area (Å²) in [6.07, 6.45) is 6.94. The van der Waals surface area contributed by atoms with E-state index in [1.165, 1.54) is 0 Å². The van der Waals surface area contributed by atoms with Gasteiger partial charge in [-0.1, -0.05) is 23.7 Å². The number of aryl methyl sites for hydroxylation is 1. The zero-order chi connectivity index (χ0) is 20.5. The van der Waals surface area contributed by atoms with Gasteiger partial charge < -0.3 is 19.7 Å². The van der Waals surface area contributed by atoms with E-state index in [0.29, 0.717) is 24.5 Å². The molecule has 0 unspecified atom stereocenters. The Hall–Kier alpha value is -2.54. The van der Waals surface area contributed by atoms with Crippen molar-refractivity contribution in [2.24, 2.45) is 4.99 Å². The first kappa shape index (κ1) is 21.2. The second kappa shape index (κ2) is 10.9. The highest BCUT2D eigenvalue weighted by Gasteiger charge is 2.23. The molecule has 1 N–H and O–H groups in total. The highest BCUT2D eigenvalue weighted by molar-refractivity contribution is 6.30. The number of carbonyl (C=O) groups is 1. The fourth-order valence-electron chi connectivity index (χ4n) is 3.38. The molecular formula is C21H29ClN6O. The van der Waals surface area contributed by atoms with E-state index in [1.54, 1.807) is 6.20 Å². The van der Waals surface area contributed by atoms with E-state index in [4.69, 9.17) is 16.6 Å². The van der Waals surface area contributed by atoms with Crippen molar-refractivity contribution in [3.8, 4) is 0 Å². The molecule has 1 saturated heterocycles. The van der Waals surface area contributed by atoms with Crippen LogP contribution in [0, 0.1) is 0 Å². The predicted molar refractivity (Wildman–Crippen MR) is 116 cm³/mol. The normalized spacial score (nSPS) is 14.9. The SMILES string of the molecule is CCNC(=NCCCn1ccnc1)N1CCN(C(=O)Cc2cccc(Cl)c2)CC1. The first-order valence-electron chi connectivity index (χ1n) is 10.2. The molecule has 0 radical (unpaired) electrons. The smallest absolute Gasteiger partial charge is 0.227 e. The van der Waals surface area contributed by atoms with Crippen molar-refractivity contribution in [3.05, 3.63) is 53.6 Å². The van der Waals surface area contributed by atoms with E-state index in [2.05, 4.69) is 26.7 Å². The largest absolute Gasteiger partial charge is 0.357 e. The van der Waals surface area contributed by atoms with Gasteiger partial charge in [0.2, 0.25) is 5.91 Å². The second-order valence-corrected chi connectivity index (χ2v) is 7.50. The van der Waals surface area contributed by atoms with E-state index in [1.807, 2.05) is 41.7 Å². The summed E-state index contributed by atoms with van der Waals surface area (Å²) >= 11 is 6.02. The van der Waals surface area contributed by atoms with Gasteiger partial charge >= 0.3 is 0 Å². The summed E-state index contributed by atoms with van der Waals surface area (Å²) in [6.45, 7) is 7.56. The van der Waals surface area contributed by atoms with Gasteiger partial charge in [-0.3, -0.25) is 9.79 Å². The lowest BCUT2D eigenvalue weighted by molar-refractivity contribution is -0.131. The number of hydrogen-bond acceptors (Lipinski definition) is 3. The topological polar surface area (TPSA) is 65.8 Å². The number of aliphatic imine (C=N–C) groups is 1. The first-order chi connectivity index (χ1) is 14.2. The molecular weight excluding hydrogens is 388 g/mol. The van der Waals surface area contributed by atoms with Gasteiger partial charge in [0, 0.05) is 63.2 Å². The van der Waals surface area contributed by atoms with Crippen molar-refractivity contribution < 1.29 is 4.79 Å². The number of halogens is 1. The molecule has 1 amide bonds. The lowest BCUT2D eigenvalue weighted by atomic mass is 10.1. The minimum Gasteiger partial charge on any atom is -0.357 e. The van der Waals surface area contributed by atoms with Crippen LogP contribution in [0.2, 0.25) is 5.02 Å². The Balaban J connectivity index is 1.47. The maximum absolute atomic E-state index is 12.6. The number of aromatic nitrogens is 2. The molecule has 1 aromatic heterocycles. The molecule has 0 bridgehead atoms. The minimum absolute atomic E-state index is 0.147. The van der Waals surface area contributed by atoms with Gasteiger partial charge in [-0.2, -0.15) is 0 Å². The molecule has 2 aromatic rings. The van der Waals surface area contributed by atoms with Crippen LogP contribution in [0.1, 0.15) is 18.9 Å². The molecule has 8 heteroatoms. The molecule has 3 rings (SSSR count). The van der Waals surface area contributed by atoms with E-state index >= 15 is 0 Å². The number of piperazine rings is 1. The third-order valence-electron chi connectivity index (χ3n) is 4.91. The lowest BCUT2D eigenvalue weighted by Crippen LogP contribution is -2.54. The fraction of sp³-hybridized carbons (Fsp3) is 0.476. The number of nitrogens with zero attached hydrogens (tertiary/aromatic N) is 5. The average molecular weight is 417 g/mol. The summed E-state index contributed by atoms with van der Waals surface area (Å²) < 4.78 is 2.06. The number of benzene rings is 1. The molecule has 0 spiro atoms. The van der Waals surface area contributed by atoms with Gasteiger partial charge in [0.15, 0.2) is 5.96 Å². The van der Waals surface area contributed by atoms with Crippen molar-refractivity contribution in [2.45, 2.75) is 26.3 Å². The van der Waals surface area contributed by atoms with Gasteiger partial charge in [-0.05, 0) is 31.0 Å². The molecule has 7 nitrogen and oxygen atoms in total. The Bertz CT molecular complexity index is 799. The molecule has 29 heavy (non-hydrogen) atoms. The maximum Gasteiger partial charge on any atom is 0.227 e. The van der Waals surface area contributed by atoms with Crippen LogP contribution in [0.4, 0.5) is 0 Å². The molecule has 1 aliphatic heterocycles. The molecule has 1 fully saturated rings. The van der Waals surface area contributed by atoms with Gasteiger partial charge in [0.05, 0.1) is 12.7 Å². The van der Waals surface area contributed by atoms with Crippen molar-refractivity contribution >= 4 is 23.5 Å². The van der Waals surface area contributed by atoms with Crippen LogP contribution in [0.5, 0.6) is 0 Å². The molecule has 0 atom stereocenters. The second-order valence-electron chi connectivity index (χ2n) is 7.06. The van der Waals surface area contributed by atoms with E-state index in [9.17, 15) is 4.79 Å². The number of carbonyl (C=O) groups excluding carboxylic acids is 1. The lowest BCUT2D eigenvalue weighted by Gasteiger charge is -2.36. The molecule has 2 heterocycles. The van der Waals surface area contributed by atoms with Crippen LogP contribution in [0.25, 0.3) is 0 Å². The summed E-state index contributed by atoms with van der Waals surface area (Å²) in [5.74, 6) is 1.08. The van der Waals surface area contributed by atoms with Gasteiger partial charge in [-0.25, -0.2) is 4.98 Å². The van der Waals surface area contributed by atoms with Crippen LogP contribution in [-0.4, -0.2) is 70.5 Å². The zero-order valence-corrected chi connectivity index (χ0v) is 17.7. The summed E-state index contributed by atoms with van der Waals surface area (Å²) in [7, 11) is 0. The highest BCUT2D eigenvalue weighted by Crippen LogP contribution is 2.13. The van der Waals surface area contributed by atoms with Crippen LogP contribution in [0.15, 0.2) is 48.0 Å². The van der Waals surface area contributed by atoms with Gasteiger partial charge in [0.25, 0.3) is 0 Å². The first-order valence-corrected chi connectivity index (χ1v) is 10.5. The van der Waals surface area contributed by atoms with Gasteiger partial charge in [0.1, 0.15) is 0 Å². The van der Waals surface area contributed by atoms with Gasteiger partial charge in [-0.15, -0.1) is 0 Å². The summed E-state index contributed by atoms with van der Waals surface area (Å²) in [5, 5.41) is 4.04. The highest BCUT2D eigenvalue weighted by atomic mass is 35.5. The fourth-order valence-corrected chi connectivity index (χ4v) is 3.60. The quantitative estimate of drug-likeness (QED) is 0.427. The Labute approximate surface area is 177 Å². The van der Waals surface area contributed by atoms with E-state index < -0.39 is 0 Å². The van der Waals surface area contributed by atoms with Crippen molar-refractivity contribution in [1.82, 2.24) is 24.7 Å². The Morgan fingerprint density at radius 1 is 1.24 bits per heavy atom. The Morgan fingerprint density at radius 3 is 2.72 bits per heavy atom. The molecule has 0 saturated carbocycles. The predicted octanol–water partition coefficient (Wildman–Crippen LogP) is 2.28. The number of imidazole rings is 1. The summed E-state index contributed by atoms with van der Waals surface area (Å²) in [4.78, 5) is 25.6. The monoisotopic (exact) mass is 416 g/mol. The van der Waals surface area contributed by atoms with Crippen molar-refractivity contribution in [3.63, 3.8) is 0 Å². The summed E-state index contributed by atoms with van der Waals surface area (Å²) in [5.41, 5.74) is 0.956. The molecule has 1 aliphatic rings. The number of nitrogens with one attached hydrogen (secondary N) is 1. The number of guanidine groups is 1. The van der Waals surface area contributed by atoms with E-state index in [-0.39, 0.29) is 5.91 Å². The number of amides is 1. The van der Waals surface area contributed by atoms with Crippen LogP contribution < -0.4 is 5.32 Å². The van der Waals surface area contributed by atoms with Crippen LogP contribution in [-0.2, 0) is 17.8 Å². The zero-order valence-electron chi connectivity index (χ0n) is 16.9. The third kappa shape index (κ3) is 6.49. The number of rotatable bonds is 7. The number of hydrogen-bond donors (Lipinski definition) is 1. The summed E-state index contributed by atoms with van der Waals surface area (Å²) in [6, 6.07) is 7.51. The minimum atomic E-state index is 0.147. The average Bonchev–Trinajstić information content (AvgIpc) is 3.24.